The molecule has 3 aliphatic heterocycles. The molecule has 0 aromatic heterocycles. The first-order chi connectivity index (χ1) is 11.2. The van der Waals surface area contributed by atoms with Gasteiger partial charge in [0.05, 0.1) is 7.11 Å². The molecule has 138 valence electrons. The molecule has 5 nitrogen and oxygen atoms in total. The van der Waals surface area contributed by atoms with Crippen LogP contribution in [0.1, 0.15) is 44.9 Å². The second kappa shape index (κ2) is 7.38. The molecule has 0 aromatic carbocycles. The minimum absolute atomic E-state index is 0. The van der Waals surface area contributed by atoms with Gasteiger partial charge < -0.3 is 19.9 Å². The van der Waals surface area contributed by atoms with Crippen molar-refractivity contribution >= 4 is 18.5 Å². The number of amides is 1. The molecule has 0 radical (unpaired) electrons. The van der Waals surface area contributed by atoms with Crippen LogP contribution in [0.3, 0.4) is 0 Å². The maximum Gasteiger partial charge on any atom is 0.409 e. The Morgan fingerprint density at radius 1 is 1.17 bits per heavy atom. The number of nitrogens with zero attached hydrogens (tertiary/aromatic N) is 2. The van der Waals surface area contributed by atoms with Crippen molar-refractivity contribution in [3.63, 3.8) is 0 Å². The first kappa shape index (κ1) is 18.3. The molecule has 1 saturated carbocycles. The van der Waals surface area contributed by atoms with E-state index in [0.29, 0.717) is 5.41 Å². The molecule has 4 rings (SSSR count). The topological polar surface area (TPSA) is 44.8 Å². The Balaban J connectivity index is 0.00000169. The number of piperidine rings is 1. The molecule has 3 saturated heterocycles. The predicted octanol–water partition coefficient (Wildman–Crippen LogP) is 2.49. The summed E-state index contributed by atoms with van der Waals surface area (Å²) in [4.78, 5) is 16.3. The Labute approximate surface area is 151 Å². The Morgan fingerprint density at radius 2 is 1.92 bits per heavy atom. The van der Waals surface area contributed by atoms with E-state index in [4.69, 9.17) is 4.74 Å². The van der Waals surface area contributed by atoms with E-state index in [1.165, 1.54) is 71.7 Å². The summed E-state index contributed by atoms with van der Waals surface area (Å²) in [6.07, 6.45) is 9.09. The molecule has 1 atom stereocenters. The third-order valence-corrected chi connectivity index (χ3v) is 6.97. The average Bonchev–Trinajstić information content (AvgIpc) is 3.22. The van der Waals surface area contributed by atoms with Gasteiger partial charge in [0.15, 0.2) is 0 Å². The van der Waals surface area contributed by atoms with E-state index in [1.807, 2.05) is 4.90 Å². The largest absolute Gasteiger partial charge is 0.453 e. The van der Waals surface area contributed by atoms with Crippen LogP contribution in [0, 0.1) is 11.3 Å². The van der Waals surface area contributed by atoms with Crippen molar-refractivity contribution in [2.45, 2.75) is 57.0 Å². The second-order valence-electron chi connectivity index (χ2n) is 8.28. The van der Waals surface area contributed by atoms with Gasteiger partial charge in [0.2, 0.25) is 0 Å². The van der Waals surface area contributed by atoms with Crippen LogP contribution in [0.2, 0.25) is 0 Å². The van der Waals surface area contributed by atoms with Crippen molar-refractivity contribution in [1.29, 1.82) is 0 Å². The summed E-state index contributed by atoms with van der Waals surface area (Å²) in [5, 5.41) is 3.69. The van der Waals surface area contributed by atoms with Crippen LogP contribution in [0.15, 0.2) is 0 Å². The molecule has 4 aliphatic rings. The van der Waals surface area contributed by atoms with Gasteiger partial charge in [-0.15, -0.1) is 12.4 Å². The van der Waals surface area contributed by atoms with Crippen molar-refractivity contribution in [1.82, 2.24) is 15.1 Å². The molecule has 0 aromatic rings. The lowest BCUT2D eigenvalue weighted by Crippen LogP contribution is -2.55. The highest BCUT2D eigenvalue weighted by atomic mass is 35.5. The van der Waals surface area contributed by atoms with E-state index >= 15 is 0 Å². The fraction of sp³-hybridized carbons (Fsp3) is 0.944. The summed E-state index contributed by atoms with van der Waals surface area (Å²) in [5.41, 5.74) is 0.405. The molecule has 1 amide bonds. The molecule has 1 N–H and O–H groups in total. The highest BCUT2D eigenvalue weighted by molar-refractivity contribution is 5.85. The molecular weight excluding hydrogens is 326 g/mol. The number of carbonyl (C=O) groups is 1. The first-order valence-corrected chi connectivity index (χ1v) is 9.49. The number of nitrogens with one attached hydrogen (secondary N) is 1. The van der Waals surface area contributed by atoms with Gasteiger partial charge in [0.25, 0.3) is 0 Å². The van der Waals surface area contributed by atoms with Crippen LogP contribution in [0.5, 0.6) is 0 Å². The van der Waals surface area contributed by atoms with E-state index in [9.17, 15) is 4.79 Å². The van der Waals surface area contributed by atoms with Gasteiger partial charge in [0.1, 0.15) is 0 Å². The van der Waals surface area contributed by atoms with Crippen LogP contribution in [0.25, 0.3) is 0 Å². The number of hydrogen-bond acceptors (Lipinski definition) is 4. The Morgan fingerprint density at radius 3 is 2.54 bits per heavy atom. The molecule has 0 unspecified atom stereocenters. The van der Waals surface area contributed by atoms with Crippen molar-refractivity contribution in [2.75, 3.05) is 39.8 Å². The highest BCUT2D eigenvalue weighted by Crippen LogP contribution is 2.50. The Kier molecular flexibility index (Phi) is 5.62. The smallest absolute Gasteiger partial charge is 0.409 e. The van der Waals surface area contributed by atoms with E-state index in [2.05, 4.69) is 10.2 Å². The van der Waals surface area contributed by atoms with Gasteiger partial charge in [-0.2, -0.15) is 0 Å². The molecule has 3 heterocycles. The van der Waals surface area contributed by atoms with Crippen LogP contribution < -0.4 is 5.32 Å². The monoisotopic (exact) mass is 357 g/mol. The zero-order valence-electron chi connectivity index (χ0n) is 14.8. The quantitative estimate of drug-likeness (QED) is 0.824. The van der Waals surface area contributed by atoms with Crippen LogP contribution >= 0.6 is 12.4 Å². The molecule has 1 aliphatic carbocycles. The van der Waals surface area contributed by atoms with Crippen molar-refractivity contribution < 1.29 is 9.53 Å². The third kappa shape index (κ3) is 3.40. The molecule has 6 heteroatoms. The van der Waals surface area contributed by atoms with E-state index < -0.39 is 0 Å². The van der Waals surface area contributed by atoms with Crippen molar-refractivity contribution in [2.24, 2.45) is 11.3 Å². The summed E-state index contributed by atoms with van der Waals surface area (Å²) < 4.78 is 4.87. The van der Waals surface area contributed by atoms with E-state index in [-0.39, 0.29) is 18.5 Å². The van der Waals surface area contributed by atoms with Crippen LogP contribution in [0.4, 0.5) is 4.79 Å². The maximum atomic E-state index is 11.7. The number of halogens is 1. The van der Waals surface area contributed by atoms with Gasteiger partial charge in [-0.1, -0.05) is 0 Å². The number of hydrogen-bond donors (Lipinski definition) is 1. The Bertz CT molecular complexity index is 442. The van der Waals surface area contributed by atoms with Gasteiger partial charge in [-0.25, -0.2) is 4.79 Å². The van der Waals surface area contributed by atoms with Gasteiger partial charge >= 0.3 is 6.09 Å². The molecule has 4 fully saturated rings. The normalized spacial score (nSPS) is 37.3. The zero-order valence-corrected chi connectivity index (χ0v) is 15.7. The lowest BCUT2D eigenvalue weighted by atomic mass is 9.64. The molecule has 24 heavy (non-hydrogen) atoms. The minimum atomic E-state index is -0.143. The van der Waals surface area contributed by atoms with Gasteiger partial charge in [-0.3, -0.25) is 0 Å². The number of ether oxygens (including phenoxy) is 1. The zero-order chi connectivity index (χ0) is 15.9. The number of carbonyl (C=O) groups excluding carboxylic acids is 1. The fourth-order valence-electron chi connectivity index (χ4n) is 5.55. The van der Waals surface area contributed by atoms with Crippen LogP contribution in [-0.2, 0) is 4.74 Å². The summed E-state index contributed by atoms with van der Waals surface area (Å²) in [6, 6.07) is 1.57. The summed E-state index contributed by atoms with van der Waals surface area (Å²) in [5.74, 6) is 0.907. The summed E-state index contributed by atoms with van der Waals surface area (Å²) >= 11 is 0. The SMILES string of the molecule is COC(=O)N1CCC2(CC(N3CCC([C@@H]4CCCN4)CC3)C2)C1.Cl. The average molecular weight is 358 g/mol. The van der Waals surface area contributed by atoms with E-state index in [0.717, 1.165) is 31.1 Å². The number of likely N-dealkylation sites (tertiary alicyclic amines) is 2. The summed E-state index contributed by atoms with van der Waals surface area (Å²) in [6.45, 7) is 5.59. The second-order valence-corrected chi connectivity index (χ2v) is 8.28. The van der Waals surface area contributed by atoms with Crippen molar-refractivity contribution in [3.05, 3.63) is 0 Å². The maximum absolute atomic E-state index is 11.7. The highest BCUT2D eigenvalue weighted by Gasteiger charge is 2.51. The molecular formula is C18H32ClN3O2. The fourth-order valence-corrected chi connectivity index (χ4v) is 5.55. The van der Waals surface area contributed by atoms with Crippen molar-refractivity contribution in [3.8, 4) is 0 Å². The lowest BCUT2D eigenvalue weighted by Gasteiger charge is -2.52. The molecule has 1 spiro atoms. The third-order valence-electron chi connectivity index (χ3n) is 6.97. The number of rotatable bonds is 2. The first-order valence-electron chi connectivity index (χ1n) is 9.49. The number of methoxy groups -OCH3 is 1. The van der Waals surface area contributed by atoms with E-state index in [1.54, 1.807) is 0 Å². The predicted molar refractivity (Wildman–Crippen MR) is 96.6 cm³/mol. The van der Waals surface area contributed by atoms with Gasteiger partial charge in [0, 0.05) is 25.2 Å². The van der Waals surface area contributed by atoms with Crippen LogP contribution in [-0.4, -0.2) is 67.8 Å². The molecule has 0 bridgehead atoms. The Hall–Kier alpha value is -0.520. The standard InChI is InChI=1S/C18H31N3O2.ClH/c1-23-17(22)21-10-6-18(13-21)11-15(12-18)20-8-4-14(5-9-20)16-3-2-7-19-16;/h14-16,19H,2-13H2,1H3;1H/t15?,16-,18?;/m0./s1. The minimum Gasteiger partial charge on any atom is -0.453 e. The van der Waals surface area contributed by atoms with Gasteiger partial charge in [-0.05, 0) is 75.9 Å². The lowest BCUT2D eigenvalue weighted by molar-refractivity contribution is -0.0112. The summed E-state index contributed by atoms with van der Waals surface area (Å²) in [7, 11) is 1.49.